The van der Waals surface area contributed by atoms with Crippen LogP contribution in [-0.4, -0.2) is 32.4 Å². The highest BCUT2D eigenvalue weighted by atomic mass is 16.6. The van der Waals surface area contributed by atoms with Crippen molar-refractivity contribution in [3.8, 4) is 0 Å². The third-order valence-corrected chi connectivity index (χ3v) is 3.23. The zero-order valence-corrected chi connectivity index (χ0v) is 12.7. The number of aromatic nitrogens is 2. The molecule has 9 nitrogen and oxygen atoms in total. The molecule has 2 rings (SSSR count). The van der Waals surface area contributed by atoms with Gasteiger partial charge in [-0.1, -0.05) is 6.07 Å². The van der Waals surface area contributed by atoms with Crippen LogP contribution in [0.4, 0.5) is 16.2 Å². The first-order valence-corrected chi connectivity index (χ1v) is 6.79. The average molecular weight is 319 g/mol. The van der Waals surface area contributed by atoms with Gasteiger partial charge in [0.1, 0.15) is 5.60 Å². The molecule has 0 bridgehead atoms. The first-order chi connectivity index (χ1) is 10.8. The van der Waals surface area contributed by atoms with Crippen molar-refractivity contribution in [1.82, 2.24) is 15.1 Å². The number of nitro groups is 1. The van der Waals surface area contributed by atoms with E-state index in [0.29, 0.717) is 5.56 Å². The minimum absolute atomic E-state index is 0.0422. The monoisotopic (exact) mass is 319 g/mol. The molecule has 2 amide bonds. The number of rotatable bonds is 5. The summed E-state index contributed by atoms with van der Waals surface area (Å²) in [5.74, 6) is 0. The van der Waals surface area contributed by atoms with Gasteiger partial charge in [0.2, 0.25) is 0 Å². The van der Waals surface area contributed by atoms with Crippen molar-refractivity contribution in [2.24, 2.45) is 7.05 Å². The van der Waals surface area contributed by atoms with E-state index in [1.165, 1.54) is 30.5 Å². The van der Waals surface area contributed by atoms with Crippen LogP contribution in [0.1, 0.15) is 12.5 Å². The van der Waals surface area contributed by atoms with E-state index in [2.05, 4.69) is 15.7 Å². The van der Waals surface area contributed by atoms with E-state index in [0.717, 1.165) is 0 Å². The molecular formula is C14H17N5O4. The lowest BCUT2D eigenvalue weighted by Gasteiger charge is -2.22. The maximum atomic E-state index is 11.9. The number of anilines is 1. The molecule has 0 fully saturated rings. The maximum absolute atomic E-state index is 11.9. The number of carbonyl (C=O) groups is 1. The number of aryl methyl sites for hydroxylation is 1. The Labute approximate surface area is 132 Å². The number of aliphatic hydroxyl groups is 1. The number of carbonyl (C=O) groups excluding carboxylic acids is 1. The second kappa shape index (κ2) is 6.44. The molecule has 1 heterocycles. The van der Waals surface area contributed by atoms with Gasteiger partial charge < -0.3 is 15.7 Å². The quantitative estimate of drug-likeness (QED) is 0.567. The van der Waals surface area contributed by atoms with Crippen molar-refractivity contribution in [3.05, 3.63) is 52.3 Å². The summed E-state index contributed by atoms with van der Waals surface area (Å²) in [5, 5.41) is 30.0. The Balaban J connectivity index is 1.95. The number of urea groups is 1. The first kappa shape index (κ1) is 16.4. The standard InChI is InChI=1S/C14H17N5O4/c1-14(21,10-7-16-18(2)8-10)9-15-13(20)17-11-4-3-5-12(6-11)19(22)23/h3-8,21H,9H2,1-2H3,(H2,15,17,20)/t14-/m1/s1. The van der Waals surface area contributed by atoms with E-state index in [4.69, 9.17) is 0 Å². The molecule has 9 heteroatoms. The van der Waals surface area contributed by atoms with E-state index >= 15 is 0 Å². The number of hydrogen-bond acceptors (Lipinski definition) is 5. The lowest BCUT2D eigenvalue weighted by molar-refractivity contribution is -0.384. The van der Waals surface area contributed by atoms with E-state index in [1.54, 1.807) is 24.9 Å². The summed E-state index contributed by atoms with van der Waals surface area (Å²) in [7, 11) is 1.72. The molecule has 1 aromatic heterocycles. The lowest BCUT2D eigenvalue weighted by atomic mass is 10.00. The topological polar surface area (TPSA) is 122 Å². The minimum Gasteiger partial charge on any atom is -0.383 e. The smallest absolute Gasteiger partial charge is 0.319 e. The molecule has 3 N–H and O–H groups in total. The number of nitro benzene ring substituents is 1. The van der Waals surface area contributed by atoms with Crippen molar-refractivity contribution >= 4 is 17.4 Å². The fourth-order valence-electron chi connectivity index (χ4n) is 1.93. The molecule has 0 aliphatic heterocycles. The third-order valence-electron chi connectivity index (χ3n) is 3.23. The summed E-state index contributed by atoms with van der Waals surface area (Å²) < 4.78 is 1.55. The molecule has 0 aliphatic carbocycles. The Hall–Kier alpha value is -2.94. The highest BCUT2D eigenvalue weighted by molar-refractivity contribution is 5.89. The molecule has 0 radical (unpaired) electrons. The average Bonchev–Trinajstić information content (AvgIpc) is 2.93. The van der Waals surface area contributed by atoms with Gasteiger partial charge in [-0.05, 0) is 13.0 Å². The van der Waals surface area contributed by atoms with Crippen molar-refractivity contribution in [3.63, 3.8) is 0 Å². The van der Waals surface area contributed by atoms with Gasteiger partial charge in [-0.3, -0.25) is 14.8 Å². The summed E-state index contributed by atoms with van der Waals surface area (Å²) in [6.45, 7) is 1.51. The highest BCUT2D eigenvalue weighted by Crippen LogP contribution is 2.19. The fourth-order valence-corrected chi connectivity index (χ4v) is 1.93. The molecule has 1 atom stereocenters. The van der Waals surface area contributed by atoms with Gasteiger partial charge in [0.25, 0.3) is 5.69 Å². The van der Waals surface area contributed by atoms with Crippen LogP contribution in [0.3, 0.4) is 0 Å². The second-order valence-corrected chi connectivity index (χ2v) is 5.29. The third kappa shape index (κ3) is 4.27. The van der Waals surface area contributed by atoms with Crippen LogP contribution in [0.25, 0.3) is 0 Å². The summed E-state index contributed by atoms with van der Waals surface area (Å²) >= 11 is 0. The van der Waals surface area contributed by atoms with E-state index in [9.17, 15) is 20.0 Å². The Morgan fingerprint density at radius 1 is 1.52 bits per heavy atom. The van der Waals surface area contributed by atoms with Crippen molar-refractivity contribution in [2.75, 3.05) is 11.9 Å². The van der Waals surface area contributed by atoms with Gasteiger partial charge in [-0.15, -0.1) is 0 Å². The Morgan fingerprint density at radius 3 is 2.87 bits per heavy atom. The van der Waals surface area contributed by atoms with Crippen LogP contribution in [0.15, 0.2) is 36.7 Å². The van der Waals surface area contributed by atoms with E-state index in [1.807, 2.05) is 0 Å². The number of nitrogens with one attached hydrogen (secondary N) is 2. The lowest BCUT2D eigenvalue weighted by Crippen LogP contribution is -2.40. The van der Waals surface area contributed by atoms with Gasteiger partial charge in [-0.25, -0.2) is 4.79 Å². The van der Waals surface area contributed by atoms with Gasteiger partial charge >= 0.3 is 6.03 Å². The summed E-state index contributed by atoms with van der Waals surface area (Å²) in [6, 6.07) is 5.01. The summed E-state index contributed by atoms with van der Waals surface area (Å²) in [6.07, 6.45) is 3.17. The molecule has 0 saturated carbocycles. The van der Waals surface area contributed by atoms with Crippen LogP contribution in [-0.2, 0) is 12.6 Å². The van der Waals surface area contributed by atoms with Crippen molar-refractivity contribution < 1.29 is 14.8 Å². The van der Waals surface area contributed by atoms with Crippen LogP contribution in [0.2, 0.25) is 0 Å². The molecule has 23 heavy (non-hydrogen) atoms. The number of benzene rings is 1. The van der Waals surface area contributed by atoms with E-state index in [-0.39, 0.29) is 17.9 Å². The molecule has 0 spiro atoms. The molecule has 1 aromatic carbocycles. The zero-order valence-electron chi connectivity index (χ0n) is 12.7. The van der Waals surface area contributed by atoms with Crippen LogP contribution >= 0.6 is 0 Å². The van der Waals surface area contributed by atoms with Gasteiger partial charge in [0, 0.05) is 36.6 Å². The van der Waals surface area contributed by atoms with Crippen LogP contribution < -0.4 is 10.6 Å². The van der Waals surface area contributed by atoms with Crippen molar-refractivity contribution in [1.29, 1.82) is 0 Å². The Kier molecular flexibility index (Phi) is 4.60. The molecule has 122 valence electrons. The van der Waals surface area contributed by atoms with Gasteiger partial charge in [0.15, 0.2) is 0 Å². The normalized spacial score (nSPS) is 13.2. The number of hydrogen-bond donors (Lipinski definition) is 3. The highest BCUT2D eigenvalue weighted by Gasteiger charge is 2.25. The molecule has 0 unspecified atom stereocenters. The van der Waals surface area contributed by atoms with Gasteiger partial charge in [0.05, 0.1) is 17.7 Å². The first-order valence-electron chi connectivity index (χ1n) is 6.79. The molecule has 2 aromatic rings. The molecule has 0 saturated heterocycles. The minimum atomic E-state index is -1.28. The second-order valence-electron chi connectivity index (χ2n) is 5.29. The number of non-ortho nitro benzene ring substituents is 1. The number of nitrogens with zero attached hydrogens (tertiary/aromatic N) is 3. The fraction of sp³-hybridized carbons (Fsp3) is 0.286. The maximum Gasteiger partial charge on any atom is 0.319 e. The predicted octanol–water partition coefficient (Wildman–Crippen LogP) is 1.36. The summed E-state index contributed by atoms with van der Waals surface area (Å²) in [4.78, 5) is 22.0. The molecular weight excluding hydrogens is 302 g/mol. The van der Waals surface area contributed by atoms with E-state index < -0.39 is 16.6 Å². The number of amides is 2. The largest absolute Gasteiger partial charge is 0.383 e. The Bertz CT molecular complexity index is 725. The predicted molar refractivity (Wildman–Crippen MR) is 82.9 cm³/mol. The zero-order chi connectivity index (χ0) is 17.0. The van der Waals surface area contributed by atoms with Gasteiger partial charge in [-0.2, -0.15) is 5.10 Å². The van der Waals surface area contributed by atoms with Crippen molar-refractivity contribution in [2.45, 2.75) is 12.5 Å². The summed E-state index contributed by atoms with van der Waals surface area (Å²) in [5.41, 5.74) is -0.549. The SMILES string of the molecule is Cn1cc([C@](C)(O)CNC(=O)Nc2cccc([N+](=O)[O-])c2)cn1. The van der Waals surface area contributed by atoms with Crippen LogP contribution in [0.5, 0.6) is 0 Å². The molecule has 0 aliphatic rings. The Morgan fingerprint density at radius 2 is 2.26 bits per heavy atom. The van der Waals surface area contributed by atoms with Crippen LogP contribution in [0, 0.1) is 10.1 Å².